The number of hydrogen-bond donors (Lipinski definition) is 1. The van der Waals surface area contributed by atoms with Gasteiger partial charge in [0.1, 0.15) is 0 Å². The van der Waals surface area contributed by atoms with Crippen LogP contribution in [0.25, 0.3) is 0 Å². The second kappa shape index (κ2) is 5.04. The van der Waals surface area contributed by atoms with Crippen LogP contribution >= 0.6 is 0 Å². The van der Waals surface area contributed by atoms with Gasteiger partial charge in [0.15, 0.2) is 0 Å². The lowest BCUT2D eigenvalue weighted by Gasteiger charge is -2.32. The number of imidazole rings is 1. The van der Waals surface area contributed by atoms with Gasteiger partial charge in [-0.05, 0) is 43.9 Å². The van der Waals surface area contributed by atoms with E-state index in [-0.39, 0.29) is 0 Å². The third kappa shape index (κ3) is 2.61. The van der Waals surface area contributed by atoms with Crippen LogP contribution in [0.3, 0.4) is 0 Å². The SMILES string of the molecule is CC1CCC(NCc2cncn2C2CC2)CC1C. The Morgan fingerprint density at radius 3 is 2.78 bits per heavy atom. The first-order valence-corrected chi connectivity index (χ1v) is 7.48. The average Bonchev–Trinajstić information content (AvgIpc) is 3.10. The van der Waals surface area contributed by atoms with Crippen LogP contribution in [0, 0.1) is 11.8 Å². The minimum Gasteiger partial charge on any atom is -0.330 e. The molecule has 2 fully saturated rings. The van der Waals surface area contributed by atoms with Crippen LogP contribution in [0.15, 0.2) is 12.5 Å². The zero-order chi connectivity index (χ0) is 12.5. The number of aromatic nitrogens is 2. The number of hydrogen-bond acceptors (Lipinski definition) is 2. The molecule has 1 aromatic heterocycles. The van der Waals surface area contributed by atoms with E-state index in [9.17, 15) is 0 Å². The molecule has 3 nitrogen and oxygen atoms in total. The van der Waals surface area contributed by atoms with E-state index in [0.29, 0.717) is 6.04 Å². The van der Waals surface area contributed by atoms with Crippen LogP contribution in [-0.2, 0) is 6.54 Å². The van der Waals surface area contributed by atoms with Crippen molar-refractivity contribution in [1.29, 1.82) is 0 Å². The summed E-state index contributed by atoms with van der Waals surface area (Å²) in [7, 11) is 0. The van der Waals surface area contributed by atoms with E-state index in [1.165, 1.54) is 37.8 Å². The summed E-state index contributed by atoms with van der Waals surface area (Å²) in [6, 6.07) is 1.45. The highest BCUT2D eigenvalue weighted by Gasteiger charge is 2.26. The third-order valence-corrected chi connectivity index (χ3v) is 4.86. The normalized spacial score (nSPS) is 32.7. The molecule has 2 aliphatic rings. The van der Waals surface area contributed by atoms with Gasteiger partial charge in [-0.3, -0.25) is 0 Å². The zero-order valence-corrected chi connectivity index (χ0v) is 11.6. The molecule has 0 bridgehead atoms. The minimum absolute atomic E-state index is 0.707. The first-order chi connectivity index (χ1) is 8.74. The highest BCUT2D eigenvalue weighted by Crippen LogP contribution is 2.35. The predicted octanol–water partition coefficient (Wildman–Crippen LogP) is 3.13. The Balaban J connectivity index is 1.53. The van der Waals surface area contributed by atoms with E-state index in [1.54, 1.807) is 0 Å². The summed E-state index contributed by atoms with van der Waals surface area (Å²) in [5, 5.41) is 3.74. The van der Waals surface area contributed by atoms with E-state index in [2.05, 4.69) is 28.7 Å². The van der Waals surface area contributed by atoms with Crippen LogP contribution in [0.2, 0.25) is 0 Å². The molecule has 1 N–H and O–H groups in total. The largest absolute Gasteiger partial charge is 0.330 e. The quantitative estimate of drug-likeness (QED) is 0.886. The molecular weight excluding hydrogens is 222 g/mol. The van der Waals surface area contributed by atoms with E-state index in [0.717, 1.165) is 24.4 Å². The second-order valence-electron chi connectivity index (χ2n) is 6.37. The Morgan fingerprint density at radius 1 is 1.22 bits per heavy atom. The monoisotopic (exact) mass is 247 g/mol. The van der Waals surface area contributed by atoms with Gasteiger partial charge in [-0.15, -0.1) is 0 Å². The fourth-order valence-corrected chi connectivity index (χ4v) is 3.13. The maximum Gasteiger partial charge on any atom is 0.0951 e. The molecule has 18 heavy (non-hydrogen) atoms. The van der Waals surface area contributed by atoms with Gasteiger partial charge in [0.25, 0.3) is 0 Å². The molecule has 1 aromatic rings. The fourth-order valence-electron chi connectivity index (χ4n) is 3.13. The molecule has 3 atom stereocenters. The average molecular weight is 247 g/mol. The van der Waals surface area contributed by atoms with Gasteiger partial charge in [-0.25, -0.2) is 4.98 Å². The molecule has 3 unspecified atom stereocenters. The second-order valence-corrected chi connectivity index (χ2v) is 6.37. The molecule has 3 rings (SSSR count). The summed E-state index contributed by atoms with van der Waals surface area (Å²) in [6.07, 6.45) is 10.7. The van der Waals surface area contributed by atoms with Gasteiger partial charge in [-0.2, -0.15) is 0 Å². The van der Waals surface area contributed by atoms with Crippen LogP contribution in [-0.4, -0.2) is 15.6 Å². The molecule has 0 spiro atoms. The lowest BCUT2D eigenvalue weighted by molar-refractivity contribution is 0.225. The molecule has 100 valence electrons. The highest BCUT2D eigenvalue weighted by atomic mass is 15.1. The smallest absolute Gasteiger partial charge is 0.0951 e. The van der Waals surface area contributed by atoms with Gasteiger partial charge in [0, 0.05) is 24.8 Å². The molecule has 2 saturated carbocycles. The number of nitrogens with zero attached hydrogens (tertiary/aromatic N) is 2. The van der Waals surface area contributed by atoms with Gasteiger partial charge in [-0.1, -0.05) is 13.8 Å². The molecule has 3 heteroatoms. The summed E-state index contributed by atoms with van der Waals surface area (Å²) in [4.78, 5) is 4.30. The lowest BCUT2D eigenvalue weighted by atomic mass is 9.79. The summed E-state index contributed by atoms with van der Waals surface area (Å²) < 4.78 is 2.36. The van der Waals surface area contributed by atoms with Gasteiger partial charge in [0.2, 0.25) is 0 Å². The summed E-state index contributed by atoms with van der Waals surface area (Å²) >= 11 is 0. The fraction of sp³-hybridized carbons (Fsp3) is 0.800. The first-order valence-electron chi connectivity index (χ1n) is 7.48. The molecule has 0 aromatic carbocycles. The van der Waals surface area contributed by atoms with Crippen molar-refractivity contribution in [2.24, 2.45) is 11.8 Å². The molecule has 1 heterocycles. The van der Waals surface area contributed by atoms with Crippen molar-refractivity contribution in [2.75, 3.05) is 0 Å². The van der Waals surface area contributed by atoms with Gasteiger partial charge in [0.05, 0.1) is 12.0 Å². The standard InChI is InChI=1S/C15H25N3/c1-11-3-4-13(7-12(11)2)17-9-15-8-16-10-18(15)14-5-6-14/h8,10-14,17H,3-7,9H2,1-2H3. The van der Waals surface area contributed by atoms with Crippen molar-refractivity contribution in [1.82, 2.24) is 14.9 Å². The van der Waals surface area contributed by atoms with Crippen molar-refractivity contribution < 1.29 is 0 Å². The van der Waals surface area contributed by atoms with E-state index < -0.39 is 0 Å². The first kappa shape index (κ1) is 12.2. The Morgan fingerprint density at radius 2 is 2.06 bits per heavy atom. The Hall–Kier alpha value is -0.830. The topological polar surface area (TPSA) is 29.9 Å². The van der Waals surface area contributed by atoms with Crippen LogP contribution < -0.4 is 5.32 Å². The highest BCUT2D eigenvalue weighted by molar-refractivity contribution is 5.03. The van der Waals surface area contributed by atoms with Crippen molar-refractivity contribution in [2.45, 2.75) is 64.6 Å². The summed E-state index contributed by atoms with van der Waals surface area (Å²) in [5.41, 5.74) is 1.36. The predicted molar refractivity (Wildman–Crippen MR) is 73.3 cm³/mol. The van der Waals surface area contributed by atoms with Gasteiger partial charge >= 0.3 is 0 Å². The maximum absolute atomic E-state index is 4.30. The Bertz CT molecular complexity index is 394. The van der Waals surface area contributed by atoms with E-state index in [1.807, 2.05) is 12.5 Å². The number of rotatable bonds is 4. The van der Waals surface area contributed by atoms with E-state index >= 15 is 0 Å². The molecule has 2 aliphatic carbocycles. The molecular formula is C15H25N3. The molecule has 0 aliphatic heterocycles. The lowest BCUT2D eigenvalue weighted by Crippen LogP contribution is -2.36. The molecule has 0 amide bonds. The van der Waals surface area contributed by atoms with E-state index in [4.69, 9.17) is 0 Å². The Kier molecular flexibility index (Phi) is 3.42. The summed E-state index contributed by atoms with van der Waals surface area (Å²) in [6.45, 7) is 5.78. The van der Waals surface area contributed by atoms with Crippen LogP contribution in [0.5, 0.6) is 0 Å². The number of nitrogens with one attached hydrogen (secondary N) is 1. The minimum atomic E-state index is 0.707. The van der Waals surface area contributed by atoms with Crippen molar-refractivity contribution >= 4 is 0 Å². The molecule has 0 saturated heterocycles. The van der Waals surface area contributed by atoms with Crippen LogP contribution in [0.4, 0.5) is 0 Å². The molecule has 0 radical (unpaired) electrons. The van der Waals surface area contributed by atoms with Crippen LogP contribution in [0.1, 0.15) is 57.7 Å². The Labute approximate surface area is 110 Å². The summed E-state index contributed by atoms with van der Waals surface area (Å²) in [5.74, 6) is 1.77. The maximum atomic E-state index is 4.30. The zero-order valence-electron chi connectivity index (χ0n) is 11.6. The van der Waals surface area contributed by atoms with Crippen molar-refractivity contribution in [3.63, 3.8) is 0 Å². The van der Waals surface area contributed by atoms with Crippen molar-refractivity contribution in [3.8, 4) is 0 Å². The third-order valence-electron chi connectivity index (χ3n) is 4.86. The van der Waals surface area contributed by atoms with Crippen molar-refractivity contribution in [3.05, 3.63) is 18.2 Å². The van der Waals surface area contributed by atoms with Gasteiger partial charge < -0.3 is 9.88 Å².